The van der Waals surface area contributed by atoms with Gasteiger partial charge in [0.05, 0.1) is 0 Å². The summed E-state index contributed by atoms with van der Waals surface area (Å²) in [7, 11) is 4.40. The normalized spacial score (nSPS) is 29.8. The molecule has 0 amide bonds. The summed E-state index contributed by atoms with van der Waals surface area (Å²) < 4.78 is 0. The van der Waals surface area contributed by atoms with Crippen molar-refractivity contribution in [1.82, 2.24) is 10.2 Å². The highest BCUT2D eigenvalue weighted by Crippen LogP contribution is 2.46. The van der Waals surface area contributed by atoms with Crippen LogP contribution in [0.3, 0.4) is 0 Å². The fourth-order valence-corrected chi connectivity index (χ4v) is 2.35. The lowest BCUT2D eigenvalue weighted by molar-refractivity contribution is -0.0434. The van der Waals surface area contributed by atoms with Crippen molar-refractivity contribution >= 4 is 24.8 Å². The second-order valence-electron chi connectivity index (χ2n) is 3.98. The van der Waals surface area contributed by atoms with Crippen LogP contribution in [0.2, 0.25) is 0 Å². The molecule has 0 bridgehead atoms. The van der Waals surface area contributed by atoms with Gasteiger partial charge < -0.3 is 10.2 Å². The summed E-state index contributed by atoms with van der Waals surface area (Å²) >= 11 is 0. The molecule has 12 heavy (non-hydrogen) atoms. The highest BCUT2D eigenvalue weighted by molar-refractivity contribution is 5.85. The van der Waals surface area contributed by atoms with Crippen molar-refractivity contribution in [2.75, 3.05) is 27.2 Å². The minimum absolute atomic E-state index is 0. The quantitative estimate of drug-likeness (QED) is 0.702. The molecule has 1 aliphatic carbocycles. The van der Waals surface area contributed by atoms with Crippen molar-refractivity contribution in [1.29, 1.82) is 0 Å². The lowest BCUT2D eigenvalue weighted by Gasteiger charge is -2.58. The van der Waals surface area contributed by atoms with Crippen LogP contribution in [0.25, 0.3) is 0 Å². The zero-order valence-corrected chi connectivity index (χ0v) is 9.30. The molecule has 1 N–H and O–H groups in total. The molecule has 1 saturated carbocycles. The first-order valence-electron chi connectivity index (χ1n) is 4.12. The zero-order valence-electron chi connectivity index (χ0n) is 7.67. The molecule has 2 aliphatic rings. The van der Waals surface area contributed by atoms with Crippen molar-refractivity contribution < 1.29 is 0 Å². The van der Waals surface area contributed by atoms with Gasteiger partial charge in [0.25, 0.3) is 0 Å². The zero-order chi connectivity index (χ0) is 7.19. The predicted molar refractivity (Wildman–Crippen MR) is 56.5 cm³/mol. The summed E-state index contributed by atoms with van der Waals surface area (Å²) in [6.45, 7) is 2.52. The van der Waals surface area contributed by atoms with Crippen LogP contribution in [0.15, 0.2) is 0 Å². The Labute approximate surface area is 86.9 Å². The Morgan fingerprint density at radius 1 is 1.25 bits per heavy atom. The average Bonchev–Trinajstić information content (AvgIpc) is 1.53. The van der Waals surface area contributed by atoms with Crippen LogP contribution in [0.4, 0.5) is 0 Å². The topological polar surface area (TPSA) is 15.3 Å². The maximum atomic E-state index is 3.36. The summed E-state index contributed by atoms with van der Waals surface area (Å²) in [4.78, 5) is 2.38. The average molecular weight is 213 g/mol. The SMILES string of the molecule is CN(C)C1CCC12CNC2.Cl.Cl. The van der Waals surface area contributed by atoms with Gasteiger partial charge in [-0.25, -0.2) is 0 Å². The van der Waals surface area contributed by atoms with E-state index in [2.05, 4.69) is 24.3 Å². The fourth-order valence-electron chi connectivity index (χ4n) is 2.35. The summed E-state index contributed by atoms with van der Waals surface area (Å²) in [5.41, 5.74) is 0.698. The Morgan fingerprint density at radius 3 is 1.92 bits per heavy atom. The summed E-state index contributed by atoms with van der Waals surface area (Å²) in [6.07, 6.45) is 2.86. The van der Waals surface area contributed by atoms with Crippen LogP contribution in [0.1, 0.15) is 12.8 Å². The van der Waals surface area contributed by atoms with Crippen LogP contribution in [-0.4, -0.2) is 38.1 Å². The molecule has 2 nitrogen and oxygen atoms in total. The van der Waals surface area contributed by atoms with E-state index in [4.69, 9.17) is 0 Å². The van der Waals surface area contributed by atoms with Gasteiger partial charge in [-0.1, -0.05) is 0 Å². The molecule has 1 unspecified atom stereocenters. The second kappa shape index (κ2) is 4.14. The lowest BCUT2D eigenvalue weighted by Crippen LogP contribution is -2.68. The number of halogens is 2. The third-order valence-corrected chi connectivity index (χ3v) is 3.20. The largest absolute Gasteiger partial charge is 0.315 e. The van der Waals surface area contributed by atoms with E-state index >= 15 is 0 Å². The van der Waals surface area contributed by atoms with Crippen LogP contribution < -0.4 is 5.32 Å². The Kier molecular flexibility index (Phi) is 4.31. The van der Waals surface area contributed by atoms with E-state index in [1.54, 1.807) is 0 Å². The van der Waals surface area contributed by atoms with Gasteiger partial charge >= 0.3 is 0 Å². The summed E-state index contributed by atoms with van der Waals surface area (Å²) in [5, 5.41) is 3.36. The third-order valence-electron chi connectivity index (χ3n) is 3.20. The number of hydrogen-bond acceptors (Lipinski definition) is 2. The molecule has 0 aromatic carbocycles. The third kappa shape index (κ3) is 1.58. The standard InChI is InChI=1S/C8H16N2.2ClH/c1-10(2)7-3-4-8(7)5-9-6-8;;/h7,9H,3-6H2,1-2H3;2*1H. The monoisotopic (exact) mass is 212 g/mol. The molecule has 1 spiro atoms. The molecule has 1 atom stereocenters. The number of nitrogens with one attached hydrogen (secondary N) is 1. The Hall–Kier alpha value is 0.500. The van der Waals surface area contributed by atoms with Gasteiger partial charge in [0.2, 0.25) is 0 Å². The van der Waals surface area contributed by atoms with E-state index in [9.17, 15) is 0 Å². The highest BCUT2D eigenvalue weighted by atomic mass is 35.5. The van der Waals surface area contributed by atoms with E-state index in [0.717, 1.165) is 6.04 Å². The maximum absolute atomic E-state index is 3.36. The lowest BCUT2D eigenvalue weighted by atomic mass is 9.60. The first kappa shape index (κ1) is 12.5. The molecule has 2 fully saturated rings. The number of rotatable bonds is 1. The molecular weight excluding hydrogens is 195 g/mol. The molecule has 74 valence electrons. The first-order chi connectivity index (χ1) is 4.75. The van der Waals surface area contributed by atoms with Crippen molar-refractivity contribution in [3.8, 4) is 0 Å². The van der Waals surface area contributed by atoms with Gasteiger partial charge in [0, 0.05) is 24.5 Å². The molecule has 1 heterocycles. The minimum Gasteiger partial charge on any atom is -0.315 e. The van der Waals surface area contributed by atoms with Crippen molar-refractivity contribution in [2.45, 2.75) is 18.9 Å². The van der Waals surface area contributed by atoms with Gasteiger partial charge in [0.1, 0.15) is 0 Å². The second-order valence-corrected chi connectivity index (χ2v) is 3.98. The van der Waals surface area contributed by atoms with Gasteiger partial charge in [-0.2, -0.15) is 0 Å². The molecule has 0 radical (unpaired) electrons. The molecule has 0 aromatic heterocycles. The number of nitrogens with zero attached hydrogens (tertiary/aromatic N) is 1. The van der Waals surface area contributed by atoms with E-state index in [-0.39, 0.29) is 24.8 Å². The van der Waals surface area contributed by atoms with Gasteiger partial charge in [-0.15, -0.1) is 24.8 Å². The van der Waals surface area contributed by atoms with E-state index < -0.39 is 0 Å². The fraction of sp³-hybridized carbons (Fsp3) is 1.00. The highest BCUT2D eigenvalue weighted by Gasteiger charge is 2.51. The molecular formula is C8H18Cl2N2. The predicted octanol–water partition coefficient (Wildman–Crippen LogP) is 1.14. The van der Waals surface area contributed by atoms with Crippen LogP contribution >= 0.6 is 24.8 Å². The van der Waals surface area contributed by atoms with E-state index in [0.29, 0.717) is 5.41 Å². The Morgan fingerprint density at radius 2 is 1.83 bits per heavy atom. The van der Waals surface area contributed by atoms with E-state index in [1.165, 1.54) is 25.9 Å². The molecule has 1 saturated heterocycles. The van der Waals surface area contributed by atoms with E-state index in [1.807, 2.05) is 0 Å². The Bertz CT molecular complexity index is 140. The minimum atomic E-state index is 0. The van der Waals surface area contributed by atoms with Crippen molar-refractivity contribution in [2.24, 2.45) is 5.41 Å². The van der Waals surface area contributed by atoms with Gasteiger partial charge in [-0.3, -0.25) is 0 Å². The molecule has 4 heteroatoms. The molecule has 0 aromatic rings. The number of hydrogen-bond donors (Lipinski definition) is 1. The summed E-state index contributed by atoms with van der Waals surface area (Å²) in [5.74, 6) is 0. The van der Waals surface area contributed by atoms with Crippen molar-refractivity contribution in [3.05, 3.63) is 0 Å². The smallest absolute Gasteiger partial charge is 0.0170 e. The first-order valence-corrected chi connectivity index (χ1v) is 4.12. The van der Waals surface area contributed by atoms with Gasteiger partial charge in [-0.05, 0) is 26.9 Å². The molecule has 2 rings (SSSR count). The van der Waals surface area contributed by atoms with Crippen LogP contribution in [-0.2, 0) is 0 Å². The maximum Gasteiger partial charge on any atom is 0.0170 e. The van der Waals surface area contributed by atoms with Crippen LogP contribution in [0.5, 0.6) is 0 Å². The summed E-state index contributed by atoms with van der Waals surface area (Å²) in [6, 6.07) is 0.869. The van der Waals surface area contributed by atoms with Crippen molar-refractivity contribution in [3.63, 3.8) is 0 Å². The van der Waals surface area contributed by atoms with Gasteiger partial charge in [0.15, 0.2) is 0 Å². The van der Waals surface area contributed by atoms with Crippen LogP contribution in [0, 0.1) is 5.41 Å². The Balaban J connectivity index is 0.000000605. The molecule has 1 aliphatic heterocycles.